The Labute approximate surface area is 165 Å². The lowest BCUT2D eigenvalue weighted by Gasteiger charge is -2.32. The van der Waals surface area contributed by atoms with Crippen LogP contribution >= 0.6 is 0 Å². The van der Waals surface area contributed by atoms with E-state index < -0.39 is 15.7 Å². The zero-order valence-electron chi connectivity index (χ0n) is 15.9. The minimum atomic E-state index is -3.84. The van der Waals surface area contributed by atoms with Gasteiger partial charge in [0.05, 0.1) is 15.4 Å². The molecule has 1 heterocycles. The molecule has 2 N–H and O–H groups in total. The van der Waals surface area contributed by atoms with Gasteiger partial charge >= 0.3 is 0 Å². The molecule has 150 valence electrons. The molecule has 0 spiro atoms. The molecule has 1 saturated heterocycles. The standard InChI is InChI=1S/C20H25N3O4S/c1-22-10-12-23(13-11-22)14-15-27-16-6-8-17(9-7-16)28(25,26)19-5-3-2-4-18(19)20(21)24/h2-9H,10-15H2,1H3,(H2,21,24). The predicted octanol–water partition coefficient (Wildman–Crippen LogP) is 1.24. The molecule has 8 heteroatoms. The van der Waals surface area contributed by atoms with Gasteiger partial charge in [0.25, 0.3) is 0 Å². The number of rotatable bonds is 7. The zero-order valence-corrected chi connectivity index (χ0v) is 16.7. The third-order valence-electron chi connectivity index (χ3n) is 4.85. The van der Waals surface area contributed by atoms with Gasteiger partial charge in [0.1, 0.15) is 12.4 Å². The Morgan fingerprint density at radius 1 is 1.04 bits per heavy atom. The number of likely N-dealkylation sites (N-methyl/N-ethyl adjacent to an activating group) is 1. The second-order valence-electron chi connectivity index (χ2n) is 6.83. The van der Waals surface area contributed by atoms with Crippen LogP contribution in [0.25, 0.3) is 0 Å². The van der Waals surface area contributed by atoms with Crippen molar-refractivity contribution in [3.63, 3.8) is 0 Å². The lowest BCUT2D eigenvalue weighted by atomic mass is 10.2. The first-order valence-corrected chi connectivity index (χ1v) is 10.6. The van der Waals surface area contributed by atoms with Gasteiger partial charge in [-0.25, -0.2) is 8.42 Å². The van der Waals surface area contributed by atoms with Crippen molar-refractivity contribution in [1.82, 2.24) is 9.80 Å². The van der Waals surface area contributed by atoms with E-state index in [-0.39, 0.29) is 15.4 Å². The van der Waals surface area contributed by atoms with Gasteiger partial charge in [0, 0.05) is 32.7 Å². The number of sulfone groups is 1. The largest absolute Gasteiger partial charge is 0.492 e. The number of piperazine rings is 1. The number of nitrogens with zero attached hydrogens (tertiary/aromatic N) is 2. The van der Waals surface area contributed by atoms with Crippen LogP contribution in [0.1, 0.15) is 10.4 Å². The first-order valence-electron chi connectivity index (χ1n) is 9.15. The summed E-state index contributed by atoms with van der Waals surface area (Å²) in [5.74, 6) is -0.167. The minimum Gasteiger partial charge on any atom is -0.492 e. The van der Waals surface area contributed by atoms with E-state index in [1.165, 1.54) is 24.3 Å². The van der Waals surface area contributed by atoms with E-state index in [1.807, 2.05) is 0 Å². The van der Waals surface area contributed by atoms with E-state index in [0.717, 1.165) is 32.7 Å². The summed E-state index contributed by atoms with van der Waals surface area (Å²) in [5.41, 5.74) is 5.29. The first-order chi connectivity index (χ1) is 13.4. The van der Waals surface area contributed by atoms with Crippen molar-refractivity contribution < 1.29 is 17.9 Å². The molecule has 0 bridgehead atoms. The van der Waals surface area contributed by atoms with Gasteiger partial charge in [0.2, 0.25) is 15.7 Å². The fourth-order valence-corrected chi connectivity index (χ4v) is 4.57. The van der Waals surface area contributed by atoms with Gasteiger partial charge in [-0.3, -0.25) is 9.69 Å². The van der Waals surface area contributed by atoms with E-state index in [1.54, 1.807) is 24.3 Å². The fourth-order valence-electron chi connectivity index (χ4n) is 3.11. The van der Waals surface area contributed by atoms with Crippen LogP contribution in [0.4, 0.5) is 0 Å². The van der Waals surface area contributed by atoms with Crippen molar-refractivity contribution in [2.24, 2.45) is 5.73 Å². The van der Waals surface area contributed by atoms with Crippen LogP contribution < -0.4 is 10.5 Å². The number of hydrogen-bond acceptors (Lipinski definition) is 6. The number of amides is 1. The summed E-state index contributed by atoms with van der Waals surface area (Å²) < 4.78 is 31.5. The fraction of sp³-hybridized carbons (Fsp3) is 0.350. The summed E-state index contributed by atoms with van der Waals surface area (Å²) in [7, 11) is -1.73. The maximum atomic E-state index is 12.9. The second-order valence-corrected chi connectivity index (χ2v) is 8.75. The Kier molecular flexibility index (Phi) is 6.33. The number of benzene rings is 2. The summed E-state index contributed by atoms with van der Waals surface area (Å²) >= 11 is 0. The number of carbonyl (C=O) groups is 1. The van der Waals surface area contributed by atoms with Crippen molar-refractivity contribution in [1.29, 1.82) is 0 Å². The van der Waals surface area contributed by atoms with Gasteiger partial charge < -0.3 is 15.4 Å². The van der Waals surface area contributed by atoms with Crippen LogP contribution in [-0.2, 0) is 9.84 Å². The predicted molar refractivity (Wildman–Crippen MR) is 106 cm³/mol. The van der Waals surface area contributed by atoms with Crippen molar-refractivity contribution in [3.8, 4) is 5.75 Å². The van der Waals surface area contributed by atoms with Gasteiger partial charge in [0.15, 0.2) is 0 Å². The molecule has 2 aromatic rings. The van der Waals surface area contributed by atoms with E-state index in [9.17, 15) is 13.2 Å². The molecule has 1 aliphatic rings. The van der Waals surface area contributed by atoms with Crippen LogP contribution in [0.2, 0.25) is 0 Å². The Morgan fingerprint density at radius 3 is 2.32 bits per heavy atom. The highest BCUT2D eigenvalue weighted by molar-refractivity contribution is 7.91. The van der Waals surface area contributed by atoms with E-state index >= 15 is 0 Å². The normalized spacial score (nSPS) is 16.0. The third-order valence-corrected chi connectivity index (χ3v) is 6.68. The summed E-state index contributed by atoms with van der Waals surface area (Å²) in [6, 6.07) is 12.2. The summed E-state index contributed by atoms with van der Waals surface area (Å²) in [5, 5.41) is 0. The molecule has 0 saturated carbocycles. The molecule has 1 fully saturated rings. The number of hydrogen-bond donors (Lipinski definition) is 1. The highest BCUT2D eigenvalue weighted by atomic mass is 32.2. The second kappa shape index (κ2) is 8.72. The van der Waals surface area contributed by atoms with Crippen LogP contribution in [0, 0.1) is 0 Å². The van der Waals surface area contributed by atoms with Gasteiger partial charge in [-0.1, -0.05) is 12.1 Å². The molecular weight excluding hydrogens is 378 g/mol. The average Bonchev–Trinajstić information content (AvgIpc) is 2.70. The Morgan fingerprint density at radius 2 is 1.68 bits per heavy atom. The Bertz CT molecular complexity index is 921. The SMILES string of the molecule is CN1CCN(CCOc2ccc(S(=O)(=O)c3ccccc3C(N)=O)cc2)CC1. The topological polar surface area (TPSA) is 92.9 Å². The quantitative estimate of drug-likeness (QED) is 0.748. The van der Waals surface area contributed by atoms with Crippen molar-refractivity contribution >= 4 is 15.7 Å². The molecule has 1 amide bonds. The van der Waals surface area contributed by atoms with Crippen molar-refractivity contribution in [2.45, 2.75) is 9.79 Å². The summed E-state index contributed by atoms with van der Waals surface area (Å²) in [6.45, 7) is 5.53. The maximum absolute atomic E-state index is 12.9. The molecule has 28 heavy (non-hydrogen) atoms. The molecular formula is C20H25N3O4S. The molecule has 0 aromatic heterocycles. The van der Waals surface area contributed by atoms with Crippen LogP contribution in [0.15, 0.2) is 58.3 Å². The van der Waals surface area contributed by atoms with Crippen molar-refractivity contribution in [3.05, 3.63) is 54.1 Å². The minimum absolute atomic E-state index is 0.0185. The van der Waals surface area contributed by atoms with E-state index in [2.05, 4.69) is 16.8 Å². The average molecular weight is 404 g/mol. The molecule has 3 rings (SSSR count). The maximum Gasteiger partial charge on any atom is 0.250 e. The molecule has 1 aliphatic heterocycles. The lowest BCUT2D eigenvalue weighted by molar-refractivity contribution is 0.0997. The van der Waals surface area contributed by atoms with E-state index in [4.69, 9.17) is 10.5 Å². The first kappa shape index (κ1) is 20.3. The highest BCUT2D eigenvalue weighted by Crippen LogP contribution is 2.25. The van der Waals surface area contributed by atoms with Gasteiger partial charge in [-0.2, -0.15) is 0 Å². The van der Waals surface area contributed by atoms with Crippen molar-refractivity contribution in [2.75, 3.05) is 46.4 Å². The third kappa shape index (κ3) is 4.70. The number of nitrogens with two attached hydrogens (primary N) is 1. The molecule has 0 atom stereocenters. The number of carbonyl (C=O) groups excluding carboxylic acids is 1. The molecule has 0 aliphatic carbocycles. The number of ether oxygens (including phenoxy) is 1. The Balaban J connectivity index is 1.64. The lowest BCUT2D eigenvalue weighted by Crippen LogP contribution is -2.45. The smallest absolute Gasteiger partial charge is 0.250 e. The molecule has 0 radical (unpaired) electrons. The monoisotopic (exact) mass is 403 g/mol. The van der Waals surface area contributed by atoms with E-state index in [0.29, 0.717) is 12.4 Å². The molecule has 2 aromatic carbocycles. The Hall–Kier alpha value is -2.42. The van der Waals surface area contributed by atoms with Gasteiger partial charge in [-0.05, 0) is 43.4 Å². The zero-order chi connectivity index (χ0) is 20.1. The van der Waals surface area contributed by atoms with Crippen LogP contribution in [-0.4, -0.2) is 70.5 Å². The van der Waals surface area contributed by atoms with Crippen LogP contribution in [0.5, 0.6) is 5.75 Å². The molecule has 7 nitrogen and oxygen atoms in total. The van der Waals surface area contributed by atoms with Crippen LogP contribution in [0.3, 0.4) is 0 Å². The summed E-state index contributed by atoms with van der Waals surface area (Å²) in [4.78, 5) is 16.2. The van der Waals surface area contributed by atoms with Gasteiger partial charge in [-0.15, -0.1) is 0 Å². The highest BCUT2D eigenvalue weighted by Gasteiger charge is 2.23. The summed E-state index contributed by atoms with van der Waals surface area (Å²) in [6.07, 6.45) is 0. The number of primary amides is 1. The molecule has 0 unspecified atom stereocenters.